The van der Waals surface area contributed by atoms with Crippen molar-refractivity contribution < 1.29 is 9.59 Å². The molecule has 4 nitrogen and oxygen atoms in total. The van der Waals surface area contributed by atoms with Crippen LogP contribution in [-0.4, -0.2) is 18.9 Å². The number of carbonyl (C=O) groups is 2. The summed E-state index contributed by atoms with van der Waals surface area (Å²) in [6.07, 6.45) is 0. The van der Waals surface area contributed by atoms with Gasteiger partial charge in [-0.3, -0.25) is 9.59 Å². The van der Waals surface area contributed by atoms with E-state index in [9.17, 15) is 9.59 Å². The van der Waals surface area contributed by atoms with Gasteiger partial charge in [-0.15, -0.1) is 0 Å². The molecule has 74 valence electrons. The molecule has 1 aromatic rings. The van der Waals surface area contributed by atoms with E-state index < -0.39 is 11.8 Å². The first-order valence-electron chi connectivity index (χ1n) is 3.92. The average molecular weight is 213 g/mol. The molecule has 0 unspecified atom stereocenters. The van der Waals surface area contributed by atoms with E-state index in [2.05, 4.69) is 10.6 Å². The van der Waals surface area contributed by atoms with Crippen LogP contribution >= 0.6 is 11.6 Å². The molecular weight excluding hydrogens is 204 g/mol. The van der Waals surface area contributed by atoms with Crippen LogP contribution in [0.15, 0.2) is 24.3 Å². The SMILES string of the molecule is CNC(=O)C(=O)Nc1ccc(Cl)cc1. The molecule has 0 radical (unpaired) electrons. The quantitative estimate of drug-likeness (QED) is 0.683. The van der Waals surface area contributed by atoms with E-state index in [1.54, 1.807) is 24.3 Å². The van der Waals surface area contributed by atoms with Crippen LogP contribution in [0.4, 0.5) is 5.69 Å². The van der Waals surface area contributed by atoms with Crippen molar-refractivity contribution in [3.8, 4) is 0 Å². The minimum absolute atomic E-state index is 0.531. The van der Waals surface area contributed by atoms with Crippen molar-refractivity contribution in [1.29, 1.82) is 0 Å². The maximum atomic E-state index is 11.1. The number of likely N-dealkylation sites (N-methyl/N-ethyl adjacent to an activating group) is 1. The fourth-order valence-corrected chi connectivity index (χ4v) is 0.961. The molecule has 1 aromatic carbocycles. The number of carbonyl (C=O) groups excluding carboxylic acids is 2. The van der Waals surface area contributed by atoms with Crippen molar-refractivity contribution in [3.63, 3.8) is 0 Å². The highest BCUT2D eigenvalue weighted by Crippen LogP contribution is 2.12. The van der Waals surface area contributed by atoms with Gasteiger partial charge >= 0.3 is 11.8 Å². The summed E-state index contributed by atoms with van der Waals surface area (Å²) < 4.78 is 0. The first-order chi connectivity index (χ1) is 6.63. The molecule has 0 aliphatic rings. The second-order valence-electron chi connectivity index (χ2n) is 2.54. The third-order valence-corrected chi connectivity index (χ3v) is 1.79. The fraction of sp³-hybridized carbons (Fsp3) is 0.111. The molecule has 0 spiro atoms. The summed E-state index contributed by atoms with van der Waals surface area (Å²) in [6, 6.07) is 6.48. The lowest BCUT2D eigenvalue weighted by molar-refractivity contribution is -0.135. The van der Waals surface area contributed by atoms with Gasteiger partial charge in [0.1, 0.15) is 0 Å². The van der Waals surface area contributed by atoms with E-state index in [-0.39, 0.29) is 0 Å². The molecule has 0 aromatic heterocycles. The second-order valence-corrected chi connectivity index (χ2v) is 2.98. The maximum absolute atomic E-state index is 11.1. The Balaban J connectivity index is 2.65. The Hall–Kier alpha value is -1.55. The Kier molecular flexibility index (Phi) is 3.48. The Labute approximate surface area is 86.3 Å². The predicted octanol–water partition coefficient (Wildman–Crippen LogP) is 1.02. The summed E-state index contributed by atoms with van der Waals surface area (Å²) >= 11 is 5.65. The molecule has 0 saturated heterocycles. The number of nitrogens with one attached hydrogen (secondary N) is 2. The standard InChI is InChI=1S/C9H9ClN2O2/c1-11-8(13)9(14)12-7-4-2-6(10)3-5-7/h2-5H,1H3,(H,11,13)(H,12,14). The summed E-state index contributed by atoms with van der Waals surface area (Å²) in [5.41, 5.74) is 0.531. The number of hydrogen-bond acceptors (Lipinski definition) is 2. The molecule has 14 heavy (non-hydrogen) atoms. The maximum Gasteiger partial charge on any atom is 0.313 e. The van der Waals surface area contributed by atoms with E-state index in [0.29, 0.717) is 10.7 Å². The van der Waals surface area contributed by atoms with Crippen molar-refractivity contribution >= 4 is 29.1 Å². The number of anilines is 1. The van der Waals surface area contributed by atoms with Crippen LogP contribution in [0.25, 0.3) is 0 Å². The zero-order valence-electron chi connectivity index (χ0n) is 7.50. The zero-order valence-corrected chi connectivity index (χ0v) is 8.26. The van der Waals surface area contributed by atoms with Gasteiger partial charge in [0, 0.05) is 17.8 Å². The number of benzene rings is 1. The molecule has 0 atom stereocenters. The predicted molar refractivity (Wildman–Crippen MR) is 54.1 cm³/mol. The highest BCUT2D eigenvalue weighted by atomic mass is 35.5. The van der Waals surface area contributed by atoms with Crippen LogP contribution in [0.2, 0.25) is 5.02 Å². The molecule has 0 aliphatic carbocycles. The van der Waals surface area contributed by atoms with Crippen LogP contribution in [0.1, 0.15) is 0 Å². The van der Waals surface area contributed by atoms with Crippen molar-refractivity contribution in [2.45, 2.75) is 0 Å². The normalized spacial score (nSPS) is 9.29. The number of amides is 2. The number of hydrogen-bond donors (Lipinski definition) is 2. The zero-order chi connectivity index (χ0) is 10.6. The molecular formula is C9H9ClN2O2. The van der Waals surface area contributed by atoms with Crippen LogP contribution in [0, 0.1) is 0 Å². The topological polar surface area (TPSA) is 58.2 Å². The van der Waals surface area contributed by atoms with Crippen molar-refractivity contribution in [1.82, 2.24) is 5.32 Å². The number of rotatable bonds is 1. The lowest BCUT2D eigenvalue weighted by Gasteiger charge is -2.03. The third kappa shape index (κ3) is 2.74. The third-order valence-electron chi connectivity index (χ3n) is 1.54. The summed E-state index contributed by atoms with van der Waals surface area (Å²) in [7, 11) is 1.39. The van der Waals surface area contributed by atoms with E-state index in [1.807, 2.05) is 0 Å². The van der Waals surface area contributed by atoms with Gasteiger partial charge in [-0.2, -0.15) is 0 Å². The monoisotopic (exact) mass is 212 g/mol. The Morgan fingerprint density at radius 3 is 2.21 bits per heavy atom. The molecule has 0 fully saturated rings. The Morgan fingerprint density at radius 1 is 1.14 bits per heavy atom. The van der Waals surface area contributed by atoms with Crippen molar-refractivity contribution in [3.05, 3.63) is 29.3 Å². The second kappa shape index (κ2) is 4.62. The minimum Gasteiger partial charge on any atom is -0.351 e. The molecule has 0 saturated carbocycles. The molecule has 1 rings (SSSR count). The van der Waals surface area contributed by atoms with E-state index in [1.165, 1.54) is 7.05 Å². The molecule has 2 amide bonds. The van der Waals surface area contributed by atoms with Gasteiger partial charge in [0.25, 0.3) is 0 Å². The van der Waals surface area contributed by atoms with Crippen LogP contribution in [0.5, 0.6) is 0 Å². The summed E-state index contributed by atoms with van der Waals surface area (Å²) in [5, 5.41) is 5.20. The molecule has 0 heterocycles. The molecule has 2 N–H and O–H groups in total. The largest absolute Gasteiger partial charge is 0.351 e. The van der Waals surface area contributed by atoms with Crippen LogP contribution < -0.4 is 10.6 Å². The smallest absolute Gasteiger partial charge is 0.313 e. The Morgan fingerprint density at radius 2 is 1.71 bits per heavy atom. The van der Waals surface area contributed by atoms with Gasteiger partial charge in [0.05, 0.1) is 0 Å². The lowest BCUT2D eigenvalue weighted by Crippen LogP contribution is -2.32. The first kappa shape index (κ1) is 10.5. The van der Waals surface area contributed by atoms with Crippen LogP contribution in [-0.2, 0) is 9.59 Å². The average Bonchev–Trinajstić information content (AvgIpc) is 2.20. The van der Waals surface area contributed by atoms with E-state index in [4.69, 9.17) is 11.6 Å². The van der Waals surface area contributed by atoms with Gasteiger partial charge in [-0.05, 0) is 24.3 Å². The first-order valence-corrected chi connectivity index (χ1v) is 4.30. The Bertz CT molecular complexity index is 348. The van der Waals surface area contributed by atoms with E-state index in [0.717, 1.165) is 0 Å². The van der Waals surface area contributed by atoms with Crippen molar-refractivity contribution in [2.24, 2.45) is 0 Å². The summed E-state index contributed by atoms with van der Waals surface area (Å²) in [5.74, 6) is -1.38. The lowest BCUT2D eigenvalue weighted by atomic mass is 10.3. The van der Waals surface area contributed by atoms with Gasteiger partial charge in [-0.1, -0.05) is 11.6 Å². The molecule has 5 heteroatoms. The van der Waals surface area contributed by atoms with Crippen LogP contribution in [0.3, 0.4) is 0 Å². The minimum atomic E-state index is -0.699. The van der Waals surface area contributed by atoms with Gasteiger partial charge in [-0.25, -0.2) is 0 Å². The van der Waals surface area contributed by atoms with Crippen molar-refractivity contribution in [2.75, 3.05) is 12.4 Å². The van der Waals surface area contributed by atoms with Gasteiger partial charge in [0.15, 0.2) is 0 Å². The highest BCUT2D eigenvalue weighted by molar-refractivity contribution is 6.39. The highest BCUT2D eigenvalue weighted by Gasteiger charge is 2.10. The molecule has 0 bridgehead atoms. The van der Waals surface area contributed by atoms with E-state index >= 15 is 0 Å². The summed E-state index contributed by atoms with van der Waals surface area (Å²) in [6.45, 7) is 0. The van der Waals surface area contributed by atoms with Gasteiger partial charge in [0.2, 0.25) is 0 Å². The summed E-state index contributed by atoms with van der Waals surface area (Å²) in [4.78, 5) is 21.9. The fourth-order valence-electron chi connectivity index (χ4n) is 0.835. The van der Waals surface area contributed by atoms with Gasteiger partial charge < -0.3 is 10.6 Å². The number of halogens is 1. The molecule has 0 aliphatic heterocycles.